The maximum atomic E-state index is 5.68. The lowest BCUT2D eigenvalue weighted by Crippen LogP contribution is -2.21. The van der Waals surface area contributed by atoms with Crippen LogP contribution in [0.25, 0.3) is 0 Å². The van der Waals surface area contributed by atoms with Crippen LogP contribution in [0, 0.1) is 0 Å². The molecule has 0 unspecified atom stereocenters. The van der Waals surface area contributed by atoms with Gasteiger partial charge in [-0.2, -0.15) is 0 Å². The van der Waals surface area contributed by atoms with Gasteiger partial charge >= 0.3 is 0 Å². The van der Waals surface area contributed by atoms with E-state index < -0.39 is 0 Å². The van der Waals surface area contributed by atoms with Crippen molar-refractivity contribution in [1.29, 1.82) is 0 Å². The molecular formula is C15H18BrNO2. The standard InChI is InChI=1S/C15H18BrNO2/c1-11(2)17-9-14-7-8-15(19-14)10-18-13-5-3-12(16)4-6-13/h3-8,11,17H,9-10H2,1-2H3. The van der Waals surface area contributed by atoms with E-state index in [1.54, 1.807) is 0 Å². The zero-order chi connectivity index (χ0) is 13.7. The van der Waals surface area contributed by atoms with E-state index in [9.17, 15) is 0 Å². The SMILES string of the molecule is CC(C)NCc1ccc(COc2ccc(Br)cc2)o1. The number of ether oxygens (including phenoxy) is 1. The van der Waals surface area contributed by atoms with Crippen LogP contribution in [0.1, 0.15) is 25.4 Å². The molecule has 4 heteroatoms. The molecule has 0 fully saturated rings. The first-order valence-corrected chi connectivity index (χ1v) is 7.12. The Bertz CT molecular complexity index is 505. The summed E-state index contributed by atoms with van der Waals surface area (Å²) in [4.78, 5) is 0. The van der Waals surface area contributed by atoms with Crippen molar-refractivity contribution in [3.05, 3.63) is 52.4 Å². The van der Waals surface area contributed by atoms with Crippen LogP contribution in [0.4, 0.5) is 0 Å². The monoisotopic (exact) mass is 323 g/mol. The van der Waals surface area contributed by atoms with Crippen LogP contribution in [0.15, 0.2) is 45.3 Å². The maximum absolute atomic E-state index is 5.68. The minimum absolute atomic E-state index is 0.448. The van der Waals surface area contributed by atoms with Gasteiger partial charge in [0.05, 0.1) is 6.54 Å². The summed E-state index contributed by atoms with van der Waals surface area (Å²) < 4.78 is 12.4. The summed E-state index contributed by atoms with van der Waals surface area (Å²) in [6, 6.07) is 12.1. The van der Waals surface area contributed by atoms with Crippen LogP contribution >= 0.6 is 15.9 Å². The lowest BCUT2D eigenvalue weighted by atomic mass is 10.3. The molecule has 0 saturated carbocycles. The lowest BCUT2D eigenvalue weighted by Gasteiger charge is -2.06. The van der Waals surface area contributed by atoms with Crippen molar-refractivity contribution in [3.8, 4) is 5.75 Å². The second-order valence-electron chi connectivity index (χ2n) is 4.65. The molecule has 1 aromatic carbocycles. The Labute approximate surface area is 122 Å². The quantitative estimate of drug-likeness (QED) is 0.868. The summed E-state index contributed by atoms with van der Waals surface area (Å²) in [7, 11) is 0. The summed E-state index contributed by atoms with van der Waals surface area (Å²) in [5, 5.41) is 3.32. The first-order valence-electron chi connectivity index (χ1n) is 6.33. The van der Waals surface area contributed by atoms with Gasteiger partial charge in [-0.3, -0.25) is 0 Å². The first-order chi connectivity index (χ1) is 9.13. The molecule has 102 valence electrons. The van der Waals surface area contributed by atoms with Gasteiger partial charge in [0.25, 0.3) is 0 Å². The third-order valence-electron chi connectivity index (χ3n) is 2.60. The number of rotatable bonds is 6. The number of halogens is 1. The Hall–Kier alpha value is -1.26. The topological polar surface area (TPSA) is 34.4 Å². The normalized spacial score (nSPS) is 10.9. The molecule has 0 spiro atoms. The summed E-state index contributed by atoms with van der Waals surface area (Å²) in [6.45, 7) is 5.42. The van der Waals surface area contributed by atoms with E-state index in [4.69, 9.17) is 9.15 Å². The lowest BCUT2D eigenvalue weighted by molar-refractivity contribution is 0.264. The van der Waals surface area contributed by atoms with E-state index in [1.807, 2.05) is 36.4 Å². The minimum atomic E-state index is 0.448. The summed E-state index contributed by atoms with van der Waals surface area (Å²) in [6.07, 6.45) is 0. The zero-order valence-corrected chi connectivity index (χ0v) is 12.7. The van der Waals surface area contributed by atoms with Crippen LogP contribution in [0.3, 0.4) is 0 Å². The molecule has 0 atom stereocenters. The molecule has 0 amide bonds. The van der Waals surface area contributed by atoms with Crippen molar-refractivity contribution in [3.63, 3.8) is 0 Å². The second kappa shape index (κ2) is 6.78. The molecule has 1 heterocycles. The van der Waals surface area contributed by atoms with E-state index in [-0.39, 0.29) is 0 Å². The number of nitrogens with one attached hydrogen (secondary N) is 1. The highest BCUT2D eigenvalue weighted by molar-refractivity contribution is 9.10. The Morgan fingerprint density at radius 3 is 2.47 bits per heavy atom. The van der Waals surface area contributed by atoms with Crippen molar-refractivity contribution in [2.45, 2.75) is 33.0 Å². The molecule has 0 saturated heterocycles. The molecule has 19 heavy (non-hydrogen) atoms. The molecule has 1 N–H and O–H groups in total. The van der Waals surface area contributed by atoms with E-state index in [2.05, 4.69) is 35.1 Å². The fraction of sp³-hybridized carbons (Fsp3) is 0.333. The highest BCUT2D eigenvalue weighted by Crippen LogP contribution is 2.18. The predicted molar refractivity (Wildman–Crippen MR) is 79.2 cm³/mol. The molecule has 0 aliphatic rings. The minimum Gasteiger partial charge on any atom is -0.486 e. The van der Waals surface area contributed by atoms with Crippen LogP contribution in [-0.4, -0.2) is 6.04 Å². The number of hydrogen-bond donors (Lipinski definition) is 1. The largest absolute Gasteiger partial charge is 0.486 e. The van der Waals surface area contributed by atoms with Crippen molar-refractivity contribution in [1.82, 2.24) is 5.32 Å². The van der Waals surface area contributed by atoms with E-state index in [0.29, 0.717) is 12.6 Å². The number of benzene rings is 1. The zero-order valence-electron chi connectivity index (χ0n) is 11.2. The Morgan fingerprint density at radius 2 is 1.79 bits per heavy atom. The number of hydrogen-bond acceptors (Lipinski definition) is 3. The van der Waals surface area contributed by atoms with Gasteiger partial charge < -0.3 is 14.5 Å². The Kier molecular flexibility index (Phi) is 5.05. The van der Waals surface area contributed by atoms with Gasteiger partial charge in [-0.25, -0.2) is 0 Å². The van der Waals surface area contributed by atoms with E-state index in [0.717, 1.165) is 28.3 Å². The molecule has 2 aromatic rings. The average Bonchev–Trinajstić information content (AvgIpc) is 2.84. The summed E-state index contributed by atoms with van der Waals surface area (Å²) in [5.74, 6) is 2.60. The first kappa shape index (κ1) is 14.2. The van der Waals surface area contributed by atoms with Gasteiger partial charge in [0.1, 0.15) is 23.9 Å². The van der Waals surface area contributed by atoms with Crippen LogP contribution in [0.5, 0.6) is 5.75 Å². The van der Waals surface area contributed by atoms with Gasteiger partial charge in [0, 0.05) is 10.5 Å². The molecule has 0 radical (unpaired) electrons. The van der Waals surface area contributed by atoms with Crippen molar-refractivity contribution >= 4 is 15.9 Å². The van der Waals surface area contributed by atoms with Crippen molar-refractivity contribution in [2.75, 3.05) is 0 Å². The van der Waals surface area contributed by atoms with E-state index >= 15 is 0 Å². The number of furan rings is 1. The fourth-order valence-electron chi connectivity index (χ4n) is 1.58. The molecule has 1 aromatic heterocycles. The second-order valence-corrected chi connectivity index (χ2v) is 5.56. The molecule has 0 bridgehead atoms. The van der Waals surface area contributed by atoms with Gasteiger partial charge in [-0.1, -0.05) is 29.8 Å². The van der Waals surface area contributed by atoms with Crippen molar-refractivity contribution in [2.24, 2.45) is 0 Å². The Balaban J connectivity index is 1.84. The van der Waals surface area contributed by atoms with Crippen LogP contribution in [-0.2, 0) is 13.2 Å². The fourth-order valence-corrected chi connectivity index (χ4v) is 1.85. The average molecular weight is 324 g/mol. The van der Waals surface area contributed by atoms with Crippen molar-refractivity contribution < 1.29 is 9.15 Å². The molecular weight excluding hydrogens is 306 g/mol. The third kappa shape index (κ3) is 4.73. The Morgan fingerprint density at radius 1 is 1.11 bits per heavy atom. The molecule has 3 nitrogen and oxygen atoms in total. The summed E-state index contributed by atoms with van der Waals surface area (Å²) in [5.41, 5.74) is 0. The predicted octanol–water partition coefficient (Wildman–Crippen LogP) is 4.12. The van der Waals surface area contributed by atoms with Gasteiger partial charge in [-0.05, 0) is 36.4 Å². The molecule has 2 rings (SSSR count). The van der Waals surface area contributed by atoms with E-state index in [1.165, 1.54) is 0 Å². The van der Waals surface area contributed by atoms with Crippen LogP contribution in [0.2, 0.25) is 0 Å². The molecule has 0 aliphatic heterocycles. The van der Waals surface area contributed by atoms with Gasteiger partial charge in [0.15, 0.2) is 0 Å². The van der Waals surface area contributed by atoms with Crippen LogP contribution < -0.4 is 10.1 Å². The van der Waals surface area contributed by atoms with Gasteiger partial charge in [0.2, 0.25) is 0 Å². The highest BCUT2D eigenvalue weighted by Gasteiger charge is 2.04. The highest BCUT2D eigenvalue weighted by atomic mass is 79.9. The summed E-state index contributed by atoms with van der Waals surface area (Å²) >= 11 is 3.39. The smallest absolute Gasteiger partial charge is 0.146 e. The molecule has 0 aliphatic carbocycles. The van der Waals surface area contributed by atoms with Gasteiger partial charge in [-0.15, -0.1) is 0 Å². The third-order valence-corrected chi connectivity index (χ3v) is 3.13. The maximum Gasteiger partial charge on any atom is 0.146 e.